The third-order valence-electron chi connectivity index (χ3n) is 5.55. The maximum absolute atomic E-state index is 11.5. The first-order valence-corrected chi connectivity index (χ1v) is 10.9. The van der Waals surface area contributed by atoms with E-state index in [9.17, 15) is 4.79 Å². The Hall–Kier alpha value is -2.60. The number of carbonyl (C=O) groups excluding carboxylic acids is 1. The maximum Gasteiger partial charge on any atom is 0.305 e. The summed E-state index contributed by atoms with van der Waals surface area (Å²) in [6.07, 6.45) is 6.09. The number of nitrogen functional groups attached to an aromatic ring is 1. The van der Waals surface area contributed by atoms with Crippen LogP contribution in [0.4, 0.5) is 5.13 Å². The molecule has 152 valence electrons. The van der Waals surface area contributed by atoms with Crippen LogP contribution in [0.15, 0.2) is 36.4 Å². The van der Waals surface area contributed by atoms with E-state index in [1.807, 2.05) is 12.1 Å². The summed E-state index contributed by atoms with van der Waals surface area (Å²) in [5.41, 5.74) is 9.92. The van der Waals surface area contributed by atoms with Gasteiger partial charge in [0.25, 0.3) is 0 Å². The molecule has 1 heterocycles. The summed E-state index contributed by atoms with van der Waals surface area (Å²) < 4.78 is 12.1. The number of carbonyl (C=O) groups is 1. The number of rotatable bonds is 7. The number of thiazole rings is 1. The number of benzene rings is 2. The Balaban J connectivity index is 1.64. The first-order chi connectivity index (χ1) is 14.1. The summed E-state index contributed by atoms with van der Waals surface area (Å²) in [4.78, 5) is 16.0. The third kappa shape index (κ3) is 4.70. The predicted octanol–water partition coefficient (Wildman–Crippen LogP) is 5.22. The van der Waals surface area contributed by atoms with Crippen molar-refractivity contribution in [3.05, 3.63) is 42.0 Å². The van der Waals surface area contributed by atoms with Crippen LogP contribution >= 0.6 is 11.3 Å². The lowest BCUT2D eigenvalue weighted by Crippen LogP contribution is -2.09. The summed E-state index contributed by atoms with van der Waals surface area (Å²) in [6, 6.07) is 12.4. The van der Waals surface area contributed by atoms with Gasteiger partial charge in [-0.3, -0.25) is 4.79 Å². The number of anilines is 1. The van der Waals surface area contributed by atoms with Crippen LogP contribution in [0.3, 0.4) is 0 Å². The zero-order valence-electron chi connectivity index (χ0n) is 16.6. The van der Waals surface area contributed by atoms with Gasteiger partial charge in [0.15, 0.2) is 5.13 Å². The van der Waals surface area contributed by atoms with Crippen LogP contribution in [0.2, 0.25) is 0 Å². The second-order valence-electron chi connectivity index (χ2n) is 7.60. The Morgan fingerprint density at radius 2 is 2.03 bits per heavy atom. The Labute approximate surface area is 174 Å². The molecule has 29 heavy (non-hydrogen) atoms. The standard InChI is InChI=1S/C23H26N2O3S/c1-27-22(26)11-7-15-6-9-20(28-14-16-4-2-3-5-16)18(12-15)17-8-10-21-19(13-17)25-23(24)29-21/h6,8-10,12-13,16H,2-5,7,11,14H2,1H3,(H2,24,25). The lowest BCUT2D eigenvalue weighted by molar-refractivity contribution is -0.140. The molecule has 5 nitrogen and oxygen atoms in total. The van der Waals surface area contributed by atoms with Crippen molar-refractivity contribution >= 4 is 32.7 Å². The highest BCUT2D eigenvalue weighted by atomic mass is 32.1. The monoisotopic (exact) mass is 410 g/mol. The van der Waals surface area contributed by atoms with Crippen molar-refractivity contribution in [2.24, 2.45) is 5.92 Å². The minimum atomic E-state index is -0.201. The minimum absolute atomic E-state index is 0.201. The molecule has 0 spiro atoms. The van der Waals surface area contributed by atoms with Crippen molar-refractivity contribution in [3.63, 3.8) is 0 Å². The summed E-state index contributed by atoms with van der Waals surface area (Å²) in [5.74, 6) is 1.32. The third-order valence-corrected chi connectivity index (χ3v) is 6.42. The number of hydrogen-bond acceptors (Lipinski definition) is 6. The molecular formula is C23H26N2O3S. The van der Waals surface area contributed by atoms with Crippen molar-refractivity contribution in [3.8, 4) is 16.9 Å². The Kier molecular flexibility index (Phi) is 6.00. The van der Waals surface area contributed by atoms with Gasteiger partial charge in [-0.2, -0.15) is 0 Å². The van der Waals surface area contributed by atoms with Crippen LogP contribution in [0, 0.1) is 5.92 Å². The highest BCUT2D eigenvalue weighted by molar-refractivity contribution is 7.22. The number of hydrogen-bond donors (Lipinski definition) is 1. The average Bonchev–Trinajstić information content (AvgIpc) is 3.38. The zero-order chi connectivity index (χ0) is 20.2. The summed E-state index contributed by atoms with van der Waals surface area (Å²) in [7, 11) is 1.42. The molecule has 0 aliphatic heterocycles. The lowest BCUT2D eigenvalue weighted by atomic mass is 9.99. The smallest absolute Gasteiger partial charge is 0.305 e. The van der Waals surface area contributed by atoms with Crippen molar-refractivity contribution in [2.75, 3.05) is 19.5 Å². The molecule has 3 aromatic rings. The van der Waals surface area contributed by atoms with E-state index in [1.54, 1.807) is 0 Å². The van der Waals surface area contributed by atoms with E-state index in [4.69, 9.17) is 15.2 Å². The van der Waals surface area contributed by atoms with E-state index < -0.39 is 0 Å². The molecule has 1 aliphatic rings. The minimum Gasteiger partial charge on any atom is -0.493 e. The Morgan fingerprint density at radius 3 is 2.83 bits per heavy atom. The molecule has 0 bridgehead atoms. The molecule has 2 N–H and O–H groups in total. The number of ether oxygens (including phenoxy) is 2. The molecule has 1 saturated carbocycles. The average molecular weight is 411 g/mol. The molecule has 1 aliphatic carbocycles. The number of aromatic nitrogens is 1. The maximum atomic E-state index is 11.5. The fourth-order valence-corrected chi connectivity index (χ4v) is 4.64. The largest absolute Gasteiger partial charge is 0.493 e. The van der Waals surface area contributed by atoms with Gasteiger partial charge in [-0.15, -0.1) is 0 Å². The second-order valence-corrected chi connectivity index (χ2v) is 8.66. The fraction of sp³-hybridized carbons (Fsp3) is 0.391. The van der Waals surface area contributed by atoms with E-state index in [2.05, 4.69) is 29.2 Å². The topological polar surface area (TPSA) is 74.4 Å². The van der Waals surface area contributed by atoms with Crippen molar-refractivity contribution in [1.29, 1.82) is 0 Å². The van der Waals surface area contributed by atoms with Gasteiger partial charge in [-0.25, -0.2) is 4.98 Å². The van der Waals surface area contributed by atoms with Gasteiger partial charge in [0.05, 0.1) is 23.9 Å². The van der Waals surface area contributed by atoms with Crippen molar-refractivity contribution < 1.29 is 14.3 Å². The number of esters is 1. The second kappa shape index (κ2) is 8.82. The van der Waals surface area contributed by atoms with Crippen molar-refractivity contribution in [2.45, 2.75) is 38.5 Å². The molecule has 0 saturated heterocycles. The highest BCUT2D eigenvalue weighted by Gasteiger charge is 2.17. The molecular weight excluding hydrogens is 384 g/mol. The number of fused-ring (bicyclic) bond motifs is 1. The van der Waals surface area contributed by atoms with Gasteiger partial charge in [0.2, 0.25) is 0 Å². The van der Waals surface area contributed by atoms with E-state index in [1.165, 1.54) is 44.1 Å². The molecule has 0 amide bonds. The normalized spacial score (nSPS) is 14.4. The molecule has 0 radical (unpaired) electrons. The molecule has 2 aromatic carbocycles. The van der Waals surface area contributed by atoms with Crippen LogP contribution in [0.5, 0.6) is 5.75 Å². The molecule has 1 aromatic heterocycles. The quantitative estimate of drug-likeness (QED) is 0.541. The van der Waals surface area contributed by atoms with E-state index in [0.29, 0.717) is 23.9 Å². The lowest BCUT2D eigenvalue weighted by Gasteiger charge is -2.16. The fourth-order valence-electron chi connectivity index (χ4n) is 3.93. The SMILES string of the molecule is COC(=O)CCc1ccc(OCC2CCCC2)c(-c2ccc3sc(N)nc3c2)c1. The van der Waals surface area contributed by atoms with Gasteiger partial charge >= 0.3 is 5.97 Å². The Morgan fingerprint density at radius 1 is 1.21 bits per heavy atom. The number of nitrogens with zero attached hydrogens (tertiary/aromatic N) is 1. The Bertz CT molecular complexity index is 1010. The summed E-state index contributed by atoms with van der Waals surface area (Å²) in [5, 5.41) is 0.571. The zero-order valence-corrected chi connectivity index (χ0v) is 17.5. The van der Waals surface area contributed by atoms with E-state index in [0.717, 1.165) is 39.3 Å². The van der Waals surface area contributed by atoms with Crippen LogP contribution in [0.25, 0.3) is 21.3 Å². The molecule has 1 fully saturated rings. The van der Waals surface area contributed by atoms with Gasteiger partial charge in [0.1, 0.15) is 5.75 Å². The van der Waals surface area contributed by atoms with Crippen LogP contribution in [-0.2, 0) is 16.0 Å². The van der Waals surface area contributed by atoms with Crippen molar-refractivity contribution in [1.82, 2.24) is 4.98 Å². The van der Waals surface area contributed by atoms with Crippen LogP contribution in [0.1, 0.15) is 37.7 Å². The predicted molar refractivity (Wildman–Crippen MR) is 117 cm³/mol. The number of methoxy groups -OCH3 is 1. The van der Waals surface area contributed by atoms with Gasteiger partial charge in [-0.1, -0.05) is 36.3 Å². The van der Waals surface area contributed by atoms with Gasteiger partial charge < -0.3 is 15.2 Å². The first-order valence-electron chi connectivity index (χ1n) is 10.1. The van der Waals surface area contributed by atoms with E-state index in [-0.39, 0.29) is 5.97 Å². The van der Waals surface area contributed by atoms with Gasteiger partial charge in [-0.05, 0) is 60.6 Å². The first kappa shape index (κ1) is 19.7. The van der Waals surface area contributed by atoms with E-state index >= 15 is 0 Å². The summed E-state index contributed by atoms with van der Waals surface area (Å²) >= 11 is 1.49. The molecule has 0 unspecified atom stereocenters. The number of aryl methyl sites for hydroxylation is 1. The van der Waals surface area contributed by atoms with Crippen LogP contribution in [-0.4, -0.2) is 24.7 Å². The summed E-state index contributed by atoms with van der Waals surface area (Å²) in [6.45, 7) is 0.750. The molecule has 4 rings (SSSR count). The highest BCUT2D eigenvalue weighted by Crippen LogP contribution is 2.36. The molecule has 0 atom stereocenters. The van der Waals surface area contributed by atoms with Gasteiger partial charge in [0, 0.05) is 12.0 Å². The van der Waals surface area contributed by atoms with Crippen LogP contribution < -0.4 is 10.5 Å². The number of nitrogens with two attached hydrogens (primary N) is 1. The molecule has 6 heteroatoms.